The molecule has 1 aliphatic rings. The second-order valence-electron chi connectivity index (χ2n) is 5.62. The van der Waals surface area contributed by atoms with Gasteiger partial charge in [0.1, 0.15) is 0 Å². The molecule has 2 heteroatoms. The van der Waals surface area contributed by atoms with Gasteiger partial charge in [-0.25, -0.2) is 0 Å². The van der Waals surface area contributed by atoms with Crippen molar-refractivity contribution in [1.29, 1.82) is 0 Å². The van der Waals surface area contributed by atoms with Gasteiger partial charge in [-0.1, -0.05) is 37.6 Å². The zero-order valence-electron chi connectivity index (χ0n) is 10.8. The second kappa shape index (κ2) is 5.41. The van der Waals surface area contributed by atoms with Crippen LogP contribution in [0.15, 0.2) is 24.3 Å². The molecule has 0 amide bonds. The average Bonchev–Trinajstić information content (AvgIpc) is 3.14. The standard InChI is InChI=1S/C15H22ClN/c1-3-15(2,11-17-14-8-9-14)10-12-4-6-13(16)7-5-12/h4-7,14,17H,3,8-11H2,1-2H3. The molecule has 1 nitrogen and oxygen atoms in total. The van der Waals surface area contributed by atoms with E-state index >= 15 is 0 Å². The molecule has 1 saturated carbocycles. The molecule has 0 aliphatic heterocycles. The Labute approximate surface area is 110 Å². The van der Waals surface area contributed by atoms with Crippen LogP contribution in [0.2, 0.25) is 5.02 Å². The van der Waals surface area contributed by atoms with E-state index in [1.54, 1.807) is 0 Å². The van der Waals surface area contributed by atoms with Crippen molar-refractivity contribution in [2.45, 2.75) is 45.6 Å². The van der Waals surface area contributed by atoms with Crippen LogP contribution in [0.25, 0.3) is 0 Å². The SMILES string of the molecule is CCC(C)(CNC1CC1)Cc1ccc(Cl)cc1. The summed E-state index contributed by atoms with van der Waals surface area (Å²) >= 11 is 5.92. The van der Waals surface area contributed by atoms with Crippen LogP contribution in [0.4, 0.5) is 0 Å². The highest BCUT2D eigenvalue weighted by atomic mass is 35.5. The van der Waals surface area contributed by atoms with E-state index in [0.29, 0.717) is 5.41 Å². The monoisotopic (exact) mass is 251 g/mol. The van der Waals surface area contributed by atoms with E-state index in [-0.39, 0.29) is 0 Å². The molecule has 94 valence electrons. The van der Waals surface area contributed by atoms with Gasteiger partial charge >= 0.3 is 0 Å². The van der Waals surface area contributed by atoms with Gasteiger partial charge in [0.15, 0.2) is 0 Å². The van der Waals surface area contributed by atoms with Crippen LogP contribution in [0, 0.1) is 5.41 Å². The quantitative estimate of drug-likeness (QED) is 0.804. The Morgan fingerprint density at radius 2 is 1.94 bits per heavy atom. The van der Waals surface area contributed by atoms with Crippen molar-refractivity contribution in [2.75, 3.05) is 6.54 Å². The van der Waals surface area contributed by atoms with Crippen molar-refractivity contribution in [1.82, 2.24) is 5.32 Å². The average molecular weight is 252 g/mol. The van der Waals surface area contributed by atoms with Gasteiger partial charge in [0.2, 0.25) is 0 Å². The topological polar surface area (TPSA) is 12.0 Å². The van der Waals surface area contributed by atoms with Gasteiger partial charge in [-0.2, -0.15) is 0 Å². The molecule has 1 atom stereocenters. The van der Waals surface area contributed by atoms with E-state index in [4.69, 9.17) is 11.6 Å². The van der Waals surface area contributed by atoms with Crippen molar-refractivity contribution in [2.24, 2.45) is 5.41 Å². The van der Waals surface area contributed by atoms with E-state index in [1.807, 2.05) is 12.1 Å². The molecule has 2 rings (SSSR count). The molecule has 17 heavy (non-hydrogen) atoms. The molecule has 0 heterocycles. The van der Waals surface area contributed by atoms with Gasteiger partial charge in [0.25, 0.3) is 0 Å². The van der Waals surface area contributed by atoms with Crippen LogP contribution < -0.4 is 5.32 Å². The molecule has 0 spiro atoms. The first kappa shape index (κ1) is 12.9. The van der Waals surface area contributed by atoms with Gasteiger partial charge in [-0.15, -0.1) is 0 Å². The molecule has 1 N–H and O–H groups in total. The van der Waals surface area contributed by atoms with Crippen LogP contribution in [0.3, 0.4) is 0 Å². The van der Waals surface area contributed by atoms with Crippen molar-refractivity contribution < 1.29 is 0 Å². The molecule has 1 aromatic rings. The van der Waals surface area contributed by atoms with Gasteiger partial charge in [0, 0.05) is 17.6 Å². The highest BCUT2D eigenvalue weighted by molar-refractivity contribution is 6.30. The summed E-state index contributed by atoms with van der Waals surface area (Å²) in [5.74, 6) is 0. The molecular formula is C15H22ClN. The van der Waals surface area contributed by atoms with Crippen LogP contribution in [-0.4, -0.2) is 12.6 Å². The fraction of sp³-hybridized carbons (Fsp3) is 0.600. The zero-order valence-corrected chi connectivity index (χ0v) is 11.6. The third-order valence-corrected chi connectivity index (χ3v) is 4.04. The minimum absolute atomic E-state index is 0.358. The molecule has 1 unspecified atom stereocenters. The molecule has 0 bridgehead atoms. The summed E-state index contributed by atoms with van der Waals surface area (Å²) < 4.78 is 0. The Balaban J connectivity index is 1.94. The third-order valence-electron chi connectivity index (χ3n) is 3.79. The van der Waals surface area contributed by atoms with Gasteiger partial charge in [-0.3, -0.25) is 0 Å². The maximum atomic E-state index is 5.92. The first-order valence-electron chi connectivity index (χ1n) is 6.59. The van der Waals surface area contributed by atoms with E-state index in [2.05, 4.69) is 31.3 Å². The zero-order chi connectivity index (χ0) is 12.3. The Kier molecular flexibility index (Phi) is 4.11. The number of rotatable bonds is 6. The summed E-state index contributed by atoms with van der Waals surface area (Å²) in [4.78, 5) is 0. The Bertz CT molecular complexity index is 356. The summed E-state index contributed by atoms with van der Waals surface area (Å²) in [7, 11) is 0. The van der Waals surface area contributed by atoms with Crippen molar-refractivity contribution in [3.8, 4) is 0 Å². The van der Waals surface area contributed by atoms with E-state index in [1.165, 1.54) is 24.8 Å². The predicted molar refractivity (Wildman–Crippen MR) is 74.6 cm³/mol. The van der Waals surface area contributed by atoms with Gasteiger partial charge < -0.3 is 5.32 Å². The van der Waals surface area contributed by atoms with Crippen molar-refractivity contribution >= 4 is 11.6 Å². The highest BCUT2D eigenvalue weighted by Gasteiger charge is 2.27. The lowest BCUT2D eigenvalue weighted by molar-refractivity contribution is 0.289. The summed E-state index contributed by atoms with van der Waals surface area (Å²) in [5.41, 5.74) is 1.74. The Morgan fingerprint density at radius 3 is 2.47 bits per heavy atom. The number of hydrogen-bond donors (Lipinski definition) is 1. The lowest BCUT2D eigenvalue weighted by Crippen LogP contribution is -2.34. The molecule has 1 aromatic carbocycles. The van der Waals surface area contributed by atoms with E-state index in [9.17, 15) is 0 Å². The lowest BCUT2D eigenvalue weighted by atomic mass is 9.81. The predicted octanol–water partition coefficient (Wildman–Crippen LogP) is 4.05. The van der Waals surface area contributed by atoms with Crippen LogP contribution in [0.5, 0.6) is 0 Å². The second-order valence-corrected chi connectivity index (χ2v) is 6.06. The molecule has 0 radical (unpaired) electrons. The van der Waals surface area contributed by atoms with Crippen LogP contribution >= 0.6 is 11.6 Å². The van der Waals surface area contributed by atoms with Crippen molar-refractivity contribution in [3.05, 3.63) is 34.9 Å². The summed E-state index contributed by atoms with van der Waals surface area (Å²) in [6, 6.07) is 9.06. The number of benzene rings is 1. The first-order valence-corrected chi connectivity index (χ1v) is 6.97. The number of halogens is 1. The maximum absolute atomic E-state index is 5.92. The minimum Gasteiger partial charge on any atom is -0.313 e. The minimum atomic E-state index is 0.358. The largest absolute Gasteiger partial charge is 0.313 e. The third kappa shape index (κ3) is 4.01. The van der Waals surface area contributed by atoms with Crippen molar-refractivity contribution in [3.63, 3.8) is 0 Å². The van der Waals surface area contributed by atoms with E-state index in [0.717, 1.165) is 24.0 Å². The summed E-state index contributed by atoms with van der Waals surface area (Å²) in [5, 5.41) is 4.48. The molecule has 0 saturated heterocycles. The molecular weight excluding hydrogens is 230 g/mol. The van der Waals surface area contributed by atoms with Crippen LogP contribution in [0.1, 0.15) is 38.7 Å². The number of hydrogen-bond acceptors (Lipinski definition) is 1. The first-order chi connectivity index (χ1) is 8.11. The lowest BCUT2D eigenvalue weighted by Gasteiger charge is -2.29. The highest BCUT2D eigenvalue weighted by Crippen LogP contribution is 2.28. The van der Waals surface area contributed by atoms with E-state index < -0.39 is 0 Å². The van der Waals surface area contributed by atoms with Gasteiger partial charge in [-0.05, 0) is 48.8 Å². The fourth-order valence-electron chi connectivity index (χ4n) is 2.09. The Hall–Kier alpha value is -0.530. The maximum Gasteiger partial charge on any atom is 0.0406 e. The van der Waals surface area contributed by atoms with Crippen LogP contribution in [-0.2, 0) is 6.42 Å². The number of nitrogens with one attached hydrogen (secondary N) is 1. The molecule has 1 aliphatic carbocycles. The normalized spacial score (nSPS) is 19.0. The summed E-state index contributed by atoms with van der Waals surface area (Å²) in [6.07, 6.45) is 5.05. The fourth-order valence-corrected chi connectivity index (χ4v) is 2.21. The molecule has 1 fully saturated rings. The molecule has 0 aromatic heterocycles. The summed E-state index contributed by atoms with van der Waals surface area (Å²) in [6.45, 7) is 5.78. The Morgan fingerprint density at radius 1 is 1.29 bits per heavy atom. The smallest absolute Gasteiger partial charge is 0.0406 e. The van der Waals surface area contributed by atoms with Gasteiger partial charge in [0.05, 0.1) is 0 Å².